The molecule has 1 amide bonds. The van der Waals surface area contributed by atoms with E-state index in [1.165, 1.54) is 14.2 Å². The number of halogens is 3. The lowest BCUT2D eigenvalue weighted by Crippen LogP contribution is -2.27. The molecule has 0 radical (unpaired) electrons. The SMILES string of the molecule is COc1cc(CCC(C)=O)ccc1OC(=O)CCCCCCCCCNC(=O)Oc1ccc(CCC(C)=O)cc1OC.O=C(O)C(F)(F)F. The van der Waals surface area contributed by atoms with Crippen molar-refractivity contribution in [2.45, 2.75) is 97.1 Å². The Balaban J connectivity index is 0.00000154. The van der Waals surface area contributed by atoms with E-state index in [9.17, 15) is 32.3 Å². The third-order valence-corrected chi connectivity index (χ3v) is 6.98. The first-order chi connectivity index (χ1) is 23.2. The highest BCUT2D eigenvalue weighted by Crippen LogP contribution is 2.30. The fourth-order valence-electron chi connectivity index (χ4n) is 4.32. The van der Waals surface area contributed by atoms with E-state index in [4.69, 9.17) is 28.8 Å². The number of hydrogen-bond donors (Lipinski definition) is 2. The number of rotatable bonds is 20. The summed E-state index contributed by atoms with van der Waals surface area (Å²) >= 11 is 0. The number of unbranched alkanes of at least 4 members (excludes halogenated alkanes) is 6. The first-order valence-electron chi connectivity index (χ1n) is 15.9. The van der Waals surface area contributed by atoms with Crippen LogP contribution >= 0.6 is 0 Å². The lowest BCUT2D eigenvalue weighted by Gasteiger charge is -2.11. The van der Waals surface area contributed by atoms with Gasteiger partial charge >= 0.3 is 24.2 Å². The summed E-state index contributed by atoms with van der Waals surface area (Å²) in [5.74, 6) is -1.12. The topological polar surface area (TPSA) is 155 Å². The molecule has 0 fully saturated rings. The lowest BCUT2D eigenvalue weighted by atomic mass is 10.1. The molecule has 0 aliphatic carbocycles. The molecule has 0 aliphatic heterocycles. The minimum Gasteiger partial charge on any atom is -0.493 e. The third-order valence-electron chi connectivity index (χ3n) is 6.98. The minimum absolute atomic E-state index is 0.121. The van der Waals surface area contributed by atoms with Gasteiger partial charge in [-0.05, 0) is 74.9 Å². The van der Waals surface area contributed by atoms with Gasteiger partial charge in [-0.3, -0.25) is 4.79 Å². The Morgan fingerprint density at radius 1 is 0.653 bits per heavy atom. The summed E-state index contributed by atoms with van der Waals surface area (Å²) in [5, 5.41) is 9.89. The number of benzene rings is 2. The number of carboxylic acid groups (broad SMARTS) is 1. The van der Waals surface area contributed by atoms with Gasteiger partial charge in [-0.15, -0.1) is 0 Å². The molecule has 14 heteroatoms. The van der Waals surface area contributed by atoms with Gasteiger partial charge in [0.05, 0.1) is 14.2 Å². The van der Waals surface area contributed by atoms with E-state index in [1.807, 2.05) is 12.1 Å². The van der Waals surface area contributed by atoms with Gasteiger partial charge in [0.15, 0.2) is 23.0 Å². The predicted octanol–water partition coefficient (Wildman–Crippen LogP) is 7.20. The molecule has 0 spiro atoms. The molecule has 2 aromatic carbocycles. The van der Waals surface area contributed by atoms with E-state index in [2.05, 4.69) is 5.32 Å². The number of hydrogen-bond acceptors (Lipinski definition) is 9. The molecule has 0 bridgehead atoms. The Morgan fingerprint density at radius 2 is 1.08 bits per heavy atom. The Labute approximate surface area is 284 Å². The number of ketones is 2. The molecule has 49 heavy (non-hydrogen) atoms. The van der Waals surface area contributed by atoms with Crippen LogP contribution in [0, 0.1) is 0 Å². The lowest BCUT2D eigenvalue weighted by molar-refractivity contribution is -0.192. The van der Waals surface area contributed by atoms with Gasteiger partial charge in [0, 0.05) is 25.8 Å². The third kappa shape index (κ3) is 19.1. The molecule has 11 nitrogen and oxygen atoms in total. The van der Waals surface area contributed by atoms with Crippen LogP contribution in [-0.2, 0) is 32.0 Å². The summed E-state index contributed by atoms with van der Waals surface area (Å²) in [6.45, 7) is 3.64. The van der Waals surface area contributed by atoms with Crippen molar-refractivity contribution < 1.29 is 61.2 Å². The van der Waals surface area contributed by atoms with Gasteiger partial charge in [-0.1, -0.05) is 44.2 Å². The number of aryl methyl sites for hydroxylation is 2. The highest BCUT2D eigenvalue weighted by atomic mass is 19.4. The number of carbonyl (C=O) groups is 5. The van der Waals surface area contributed by atoms with Crippen LogP contribution in [-0.4, -0.2) is 61.6 Å². The summed E-state index contributed by atoms with van der Waals surface area (Å²) in [6, 6.07) is 10.7. The molecule has 0 saturated heterocycles. The molecule has 2 rings (SSSR count). The standard InChI is InChI=1S/C33H45NO8.C2HF3O2/c1-24(35)13-15-26-17-19-28(30(22-26)39-3)41-32(37)12-10-8-6-5-7-9-11-21-34-33(38)42-29-20-18-27(16-14-25(2)36)23-31(29)40-4;3-2(4,5)1(6)7/h17-20,22-23H,5-16,21H2,1-4H3,(H,34,38);(H,6,7). The number of amides is 1. The summed E-state index contributed by atoms with van der Waals surface area (Å²) in [6.07, 6.45) is 3.54. The number of alkyl halides is 3. The highest BCUT2D eigenvalue weighted by molar-refractivity contribution is 5.76. The average Bonchev–Trinajstić information content (AvgIpc) is 3.04. The fourth-order valence-corrected chi connectivity index (χ4v) is 4.32. The molecule has 0 aliphatic rings. The van der Waals surface area contributed by atoms with Crippen molar-refractivity contribution >= 4 is 29.6 Å². The number of nitrogens with one attached hydrogen (secondary N) is 1. The van der Waals surface area contributed by atoms with E-state index in [0.717, 1.165) is 56.1 Å². The maximum Gasteiger partial charge on any atom is 0.490 e. The van der Waals surface area contributed by atoms with Crippen LogP contribution in [0.2, 0.25) is 0 Å². The average molecular weight is 698 g/mol. The van der Waals surface area contributed by atoms with E-state index in [0.29, 0.717) is 61.6 Å². The highest BCUT2D eigenvalue weighted by Gasteiger charge is 2.38. The maximum absolute atomic E-state index is 12.3. The zero-order chi connectivity index (χ0) is 36.8. The number of carbonyl (C=O) groups excluding carboxylic acids is 4. The molecule has 0 saturated carbocycles. The van der Waals surface area contributed by atoms with E-state index in [-0.39, 0.29) is 17.5 Å². The second-order valence-electron chi connectivity index (χ2n) is 11.2. The van der Waals surface area contributed by atoms with Crippen molar-refractivity contribution in [2.75, 3.05) is 20.8 Å². The van der Waals surface area contributed by atoms with Crippen molar-refractivity contribution in [3.63, 3.8) is 0 Å². The Morgan fingerprint density at radius 3 is 1.51 bits per heavy atom. The number of esters is 1. The van der Waals surface area contributed by atoms with E-state index >= 15 is 0 Å². The smallest absolute Gasteiger partial charge is 0.490 e. The molecule has 2 N–H and O–H groups in total. The molecule has 272 valence electrons. The summed E-state index contributed by atoms with van der Waals surface area (Å²) in [4.78, 5) is 55.7. The van der Waals surface area contributed by atoms with Crippen LogP contribution in [0.4, 0.5) is 18.0 Å². The second kappa shape index (κ2) is 22.9. The van der Waals surface area contributed by atoms with Crippen LogP contribution in [0.5, 0.6) is 23.0 Å². The largest absolute Gasteiger partial charge is 0.493 e. The maximum atomic E-state index is 12.3. The van der Waals surface area contributed by atoms with Crippen molar-refractivity contribution in [2.24, 2.45) is 0 Å². The molecular weight excluding hydrogens is 651 g/mol. The second-order valence-corrected chi connectivity index (χ2v) is 11.2. The number of carboxylic acids is 1. The Bertz CT molecular complexity index is 1290. The van der Waals surface area contributed by atoms with Gasteiger partial charge in [0.25, 0.3) is 0 Å². The zero-order valence-electron chi connectivity index (χ0n) is 28.4. The van der Waals surface area contributed by atoms with Crippen molar-refractivity contribution in [3.8, 4) is 23.0 Å². The van der Waals surface area contributed by atoms with Gasteiger partial charge < -0.3 is 39.0 Å². The summed E-state index contributed by atoms with van der Waals surface area (Å²) < 4.78 is 53.3. The van der Waals surface area contributed by atoms with Crippen molar-refractivity contribution in [3.05, 3.63) is 47.5 Å². The van der Waals surface area contributed by atoms with Crippen LogP contribution in [0.3, 0.4) is 0 Å². The molecule has 0 heterocycles. The Hall–Kier alpha value is -4.62. The molecule has 0 unspecified atom stereocenters. The Kier molecular flexibility index (Phi) is 19.8. The zero-order valence-corrected chi connectivity index (χ0v) is 28.4. The number of methoxy groups -OCH3 is 2. The number of Topliss-reactive ketones (excluding diaryl/α,β-unsaturated/α-hetero) is 2. The first kappa shape index (κ1) is 42.4. The summed E-state index contributed by atoms with van der Waals surface area (Å²) in [5.41, 5.74) is 1.91. The van der Waals surface area contributed by atoms with E-state index in [1.54, 1.807) is 38.1 Å². The molecule has 2 aromatic rings. The number of aliphatic carboxylic acids is 1. The van der Waals surface area contributed by atoms with Crippen LogP contribution < -0.4 is 24.3 Å². The van der Waals surface area contributed by atoms with Crippen LogP contribution in [0.15, 0.2) is 36.4 Å². The minimum atomic E-state index is -5.08. The fraction of sp³-hybridized carbons (Fsp3) is 0.514. The van der Waals surface area contributed by atoms with Gasteiger partial charge in [-0.2, -0.15) is 13.2 Å². The van der Waals surface area contributed by atoms with Gasteiger partial charge in [0.2, 0.25) is 0 Å². The molecular formula is C35H46F3NO10. The van der Waals surface area contributed by atoms with Crippen LogP contribution in [0.25, 0.3) is 0 Å². The number of ether oxygens (including phenoxy) is 4. The quantitative estimate of drug-likeness (QED) is 0.0825. The first-order valence-corrected chi connectivity index (χ1v) is 15.9. The predicted molar refractivity (Wildman–Crippen MR) is 174 cm³/mol. The van der Waals surface area contributed by atoms with E-state index < -0.39 is 18.2 Å². The van der Waals surface area contributed by atoms with Gasteiger partial charge in [0.1, 0.15) is 11.6 Å². The van der Waals surface area contributed by atoms with Crippen molar-refractivity contribution in [1.82, 2.24) is 5.32 Å². The normalized spacial score (nSPS) is 10.7. The monoisotopic (exact) mass is 697 g/mol. The summed E-state index contributed by atoms with van der Waals surface area (Å²) in [7, 11) is 3.04. The van der Waals surface area contributed by atoms with Crippen LogP contribution in [0.1, 0.15) is 89.2 Å². The van der Waals surface area contributed by atoms with Crippen molar-refractivity contribution in [1.29, 1.82) is 0 Å². The van der Waals surface area contributed by atoms with Gasteiger partial charge in [-0.25, -0.2) is 9.59 Å². The molecule has 0 atom stereocenters. The molecule has 0 aromatic heterocycles.